The minimum absolute atomic E-state index is 0. The summed E-state index contributed by atoms with van der Waals surface area (Å²) < 4.78 is 25.1. The molecule has 34 heavy (non-hydrogen) atoms. The van der Waals surface area contributed by atoms with E-state index in [9.17, 15) is 18.4 Å². The molecular formula is C23H21BrF2K2O6. The fraction of sp³-hybridized carbons (Fsp3) is 0.0870. The Kier molecular flexibility index (Phi) is 27.7. The third-order valence-electron chi connectivity index (χ3n) is 3.57. The minimum Gasteiger partial charge on any atom is -1.00 e. The molecule has 0 unspecified atom stereocenters. The molecule has 0 atom stereocenters. The van der Waals surface area contributed by atoms with E-state index in [2.05, 4.69) is 33.0 Å². The summed E-state index contributed by atoms with van der Waals surface area (Å²) in [4.78, 5) is 31.5. The average Bonchev–Trinajstić information content (AvgIpc) is 2.81. The Morgan fingerprint density at radius 1 is 0.882 bits per heavy atom. The Balaban J connectivity index is -0.000000185. The van der Waals surface area contributed by atoms with Gasteiger partial charge in [0.05, 0.1) is 11.1 Å². The molecule has 0 aliphatic heterocycles. The number of phenols is 1. The largest absolute Gasteiger partial charge is 1.00 e. The molecule has 3 aromatic rings. The van der Waals surface area contributed by atoms with Crippen LogP contribution in [0.5, 0.6) is 5.75 Å². The number of halogens is 3. The fourth-order valence-corrected chi connectivity index (χ4v) is 2.38. The number of rotatable bonds is 4. The van der Waals surface area contributed by atoms with E-state index in [0.717, 1.165) is 11.4 Å². The van der Waals surface area contributed by atoms with Gasteiger partial charge in [0.15, 0.2) is 12.6 Å². The summed E-state index contributed by atoms with van der Waals surface area (Å²) in [5, 5.41) is 18.2. The summed E-state index contributed by atoms with van der Waals surface area (Å²) in [6, 6.07) is 18.5. The van der Waals surface area contributed by atoms with Crippen LogP contribution in [0.1, 0.15) is 33.3 Å². The number of hydrogen-bond acceptors (Lipinski definition) is 6. The quantitative estimate of drug-likeness (QED) is 0.130. The van der Waals surface area contributed by atoms with Crippen LogP contribution in [0.15, 0.2) is 66.7 Å². The van der Waals surface area contributed by atoms with Crippen LogP contribution in [0.25, 0.3) is 0 Å². The number of carbonyl (C=O) groups excluding carboxylic acids is 3. The standard InChI is InChI=1S/C8H7FO.C7H7Br.C7H5FO2.CH2O3.2K.H/c1-6-3-2-4-8(9)7(6)5-10;8-6-7-4-2-1-3-5-7;8-6-2-1-3-7(10)5(6)4-9;2-1-4-3;;;/h2-5H,1H3;1-5H,6H2;1-4,10H;1,3H;;;/q;;;;2*+1;-1/p-1. The van der Waals surface area contributed by atoms with Gasteiger partial charge in [-0.2, -0.15) is 0 Å². The Morgan fingerprint density at radius 3 is 1.65 bits per heavy atom. The fourth-order valence-electron chi connectivity index (χ4n) is 2.00. The number of aldehydes is 2. The van der Waals surface area contributed by atoms with Gasteiger partial charge in [-0.3, -0.25) is 14.4 Å². The number of aromatic hydroxyl groups is 1. The van der Waals surface area contributed by atoms with Crippen LogP contribution in [0.2, 0.25) is 0 Å². The maximum atomic E-state index is 12.6. The monoisotopic (exact) mass is 588 g/mol. The number of aryl methyl sites for hydroxylation is 1. The number of benzene rings is 3. The number of carbonyl (C=O) groups is 3. The van der Waals surface area contributed by atoms with E-state index >= 15 is 0 Å². The van der Waals surface area contributed by atoms with Crippen molar-refractivity contribution in [3.63, 3.8) is 0 Å². The van der Waals surface area contributed by atoms with Crippen LogP contribution in [0.4, 0.5) is 8.78 Å². The van der Waals surface area contributed by atoms with Gasteiger partial charge in [-0.15, -0.1) is 0 Å². The van der Waals surface area contributed by atoms with E-state index in [4.69, 9.17) is 15.2 Å². The molecule has 3 rings (SSSR count). The first kappa shape index (κ1) is 38.4. The van der Waals surface area contributed by atoms with Gasteiger partial charge >= 0.3 is 103 Å². The summed E-state index contributed by atoms with van der Waals surface area (Å²) in [5.74, 6) is -1.47. The average molecular weight is 590 g/mol. The van der Waals surface area contributed by atoms with Crippen molar-refractivity contribution in [1.82, 2.24) is 0 Å². The summed E-state index contributed by atoms with van der Waals surface area (Å²) >= 11 is 3.36. The summed E-state index contributed by atoms with van der Waals surface area (Å²) in [5.41, 5.74) is 1.87. The molecule has 11 heteroatoms. The van der Waals surface area contributed by atoms with E-state index in [1.165, 1.54) is 23.8 Å². The summed E-state index contributed by atoms with van der Waals surface area (Å²) in [6.45, 7) is 1.52. The van der Waals surface area contributed by atoms with E-state index < -0.39 is 11.6 Å². The Bertz CT molecular complexity index is 889. The molecule has 0 aliphatic rings. The topological polar surface area (TPSA) is 104 Å². The van der Waals surface area contributed by atoms with Crippen molar-refractivity contribution in [1.29, 1.82) is 0 Å². The SMILES string of the molecule is BrCc1ccccc1.Cc1cccc(F)c1C=O.O=CO[O-].O=Cc1c(O)cccc1F.[H-].[K+].[K+]. The van der Waals surface area contributed by atoms with Crippen molar-refractivity contribution < 1.29 is 143 Å². The van der Waals surface area contributed by atoms with Gasteiger partial charge in [-0.05, 0) is 36.2 Å². The second-order valence-corrected chi connectivity index (χ2v) is 6.25. The second kappa shape index (κ2) is 24.5. The van der Waals surface area contributed by atoms with Gasteiger partial charge in [0, 0.05) is 5.33 Å². The van der Waals surface area contributed by atoms with Crippen molar-refractivity contribution in [3.05, 3.63) is 101 Å². The Labute approximate surface area is 291 Å². The van der Waals surface area contributed by atoms with Crippen LogP contribution in [0.3, 0.4) is 0 Å². The zero-order valence-corrected chi connectivity index (χ0v) is 26.7. The number of phenolic OH excluding ortho intramolecular Hbond substituents is 1. The molecule has 0 fully saturated rings. The first-order valence-corrected chi connectivity index (χ1v) is 9.93. The molecule has 0 radical (unpaired) electrons. The van der Waals surface area contributed by atoms with Crippen molar-refractivity contribution in [3.8, 4) is 5.75 Å². The molecule has 0 bridgehead atoms. The van der Waals surface area contributed by atoms with E-state index in [-0.39, 0.29) is 134 Å². The smallest absolute Gasteiger partial charge is 1.00 e. The molecule has 172 valence electrons. The molecule has 0 aromatic heterocycles. The van der Waals surface area contributed by atoms with Gasteiger partial charge in [0.25, 0.3) is 6.47 Å². The number of alkyl halides is 1. The van der Waals surface area contributed by atoms with Gasteiger partial charge < -0.3 is 16.7 Å². The molecule has 0 aliphatic carbocycles. The van der Waals surface area contributed by atoms with E-state index in [0.29, 0.717) is 11.8 Å². The van der Waals surface area contributed by atoms with Crippen LogP contribution < -0.4 is 108 Å². The van der Waals surface area contributed by atoms with Gasteiger partial charge in [-0.25, -0.2) is 8.78 Å². The van der Waals surface area contributed by atoms with E-state index in [1.54, 1.807) is 19.1 Å². The van der Waals surface area contributed by atoms with E-state index in [1.807, 2.05) is 18.2 Å². The van der Waals surface area contributed by atoms with Crippen molar-refractivity contribution in [2.24, 2.45) is 0 Å². The zero-order chi connectivity index (χ0) is 24.4. The predicted octanol–water partition coefficient (Wildman–Crippen LogP) is -1.57. The van der Waals surface area contributed by atoms with Crippen LogP contribution >= 0.6 is 15.9 Å². The van der Waals surface area contributed by atoms with Gasteiger partial charge in [0.2, 0.25) is 0 Å². The predicted molar refractivity (Wildman–Crippen MR) is 117 cm³/mol. The molecule has 1 N–H and O–H groups in total. The number of hydrogen-bond donors (Lipinski definition) is 1. The molecule has 0 heterocycles. The Morgan fingerprint density at radius 2 is 1.35 bits per heavy atom. The molecule has 6 nitrogen and oxygen atoms in total. The molecule has 0 saturated heterocycles. The summed E-state index contributed by atoms with van der Waals surface area (Å²) in [7, 11) is 0. The van der Waals surface area contributed by atoms with Crippen molar-refractivity contribution in [2.45, 2.75) is 12.3 Å². The maximum absolute atomic E-state index is 12.6. The molecule has 3 aromatic carbocycles. The van der Waals surface area contributed by atoms with Crippen molar-refractivity contribution >= 4 is 35.0 Å². The first-order chi connectivity index (χ1) is 15.4. The minimum atomic E-state index is -0.699. The van der Waals surface area contributed by atoms with Crippen molar-refractivity contribution in [2.75, 3.05) is 0 Å². The second-order valence-electron chi connectivity index (χ2n) is 5.69. The molecule has 0 saturated carbocycles. The van der Waals surface area contributed by atoms with Crippen LogP contribution in [-0.4, -0.2) is 24.2 Å². The van der Waals surface area contributed by atoms with Crippen LogP contribution in [-0.2, 0) is 15.0 Å². The third kappa shape index (κ3) is 16.5. The maximum Gasteiger partial charge on any atom is 1.00 e. The van der Waals surface area contributed by atoms with Gasteiger partial charge in [-0.1, -0.05) is 64.5 Å². The molecular weight excluding hydrogens is 568 g/mol. The normalized spacial score (nSPS) is 8.26. The molecule has 0 spiro atoms. The first-order valence-electron chi connectivity index (χ1n) is 8.81. The molecule has 0 amide bonds. The summed E-state index contributed by atoms with van der Waals surface area (Å²) in [6.07, 6.45) is 0.815. The third-order valence-corrected chi connectivity index (χ3v) is 4.22. The van der Waals surface area contributed by atoms with Crippen LogP contribution in [0, 0.1) is 18.6 Å². The Hall–Kier alpha value is -0.157. The zero-order valence-electron chi connectivity index (χ0n) is 19.9. The van der Waals surface area contributed by atoms with Gasteiger partial charge in [0.1, 0.15) is 17.4 Å².